The number of esters is 3. The van der Waals surface area contributed by atoms with E-state index in [0.29, 0.717) is 19.3 Å². The molecular weight excluding hydrogens is 997 g/mol. The summed E-state index contributed by atoms with van der Waals surface area (Å²) in [7, 11) is 0. The summed E-state index contributed by atoms with van der Waals surface area (Å²) in [5.74, 6) is -0.883. The molecule has 0 saturated heterocycles. The topological polar surface area (TPSA) is 78.9 Å². The SMILES string of the molecule is CC/C=C\C/C=C\C/C=C\C/C=C\C/C=C\C/C=C\CCCCCCCCCCCCCCCCCCC(=O)OCC(COC(=O)CCCCCCC/C=C\CCCCC)OC(=O)CCCCCCC/C=C\CCCCCCCCC. The predicted octanol–water partition coefficient (Wildman–Crippen LogP) is 24.0. The van der Waals surface area contributed by atoms with Crippen LogP contribution >= 0.6 is 0 Å². The van der Waals surface area contributed by atoms with Crippen molar-refractivity contribution in [2.75, 3.05) is 13.2 Å². The number of carbonyl (C=O) groups excluding carboxylic acids is 3. The third-order valence-corrected chi connectivity index (χ3v) is 15.0. The normalized spacial score (nSPS) is 12.7. The van der Waals surface area contributed by atoms with Gasteiger partial charge >= 0.3 is 17.9 Å². The molecule has 81 heavy (non-hydrogen) atoms. The van der Waals surface area contributed by atoms with Crippen molar-refractivity contribution in [3.05, 3.63) is 97.2 Å². The highest BCUT2D eigenvalue weighted by Gasteiger charge is 2.19. The predicted molar refractivity (Wildman–Crippen MR) is 353 cm³/mol. The van der Waals surface area contributed by atoms with Crippen molar-refractivity contribution in [1.82, 2.24) is 0 Å². The van der Waals surface area contributed by atoms with Crippen molar-refractivity contribution < 1.29 is 28.6 Å². The lowest BCUT2D eigenvalue weighted by Gasteiger charge is -2.18. The summed E-state index contributed by atoms with van der Waals surface area (Å²) in [6.45, 7) is 6.52. The van der Waals surface area contributed by atoms with Gasteiger partial charge in [-0.1, -0.05) is 298 Å². The molecule has 1 atom stereocenters. The molecule has 0 rings (SSSR count). The summed E-state index contributed by atoms with van der Waals surface area (Å²) in [6.07, 6.45) is 93.0. The Morgan fingerprint density at radius 3 is 0.790 bits per heavy atom. The molecule has 0 amide bonds. The van der Waals surface area contributed by atoms with E-state index in [4.69, 9.17) is 14.2 Å². The molecule has 0 aromatic carbocycles. The Morgan fingerprint density at radius 1 is 0.259 bits per heavy atom. The fourth-order valence-electron chi connectivity index (χ4n) is 9.85. The van der Waals surface area contributed by atoms with Gasteiger partial charge < -0.3 is 14.2 Å². The molecule has 0 spiro atoms. The van der Waals surface area contributed by atoms with E-state index in [2.05, 4.69) is 118 Å². The van der Waals surface area contributed by atoms with E-state index in [-0.39, 0.29) is 31.1 Å². The van der Waals surface area contributed by atoms with Crippen molar-refractivity contribution in [1.29, 1.82) is 0 Å². The van der Waals surface area contributed by atoms with Crippen LogP contribution in [-0.4, -0.2) is 37.2 Å². The van der Waals surface area contributed by atoms with Crippen molar-refractivity contribution in [2.45, 2.75) is 348 Å². The van der Waals surface area contributed by atoms with Gasteiger partial charge in [-0.25, -0.2) is 0 Å². The summed E-state index contributed by atoms with van der Waals surface area (Å²) in [5.41, 5.74) is 0. The van der Waals surface area contributed by atoms with Crippen LogP contribution in [0, 0.1) is 0 Å². The van der Waals surface area contributed by atoms with Crippen LogP contribution in [0.25, 0.3) is 0 Å². The van der Waals surface area contributed by atoms with Crippen LogP contribution < -0.4 is 0 Å². The fraction of sp³-hybridized carbons (Fsp3) is 0.747. The molecule has 0 aliphatic rings. The summed E-state index contributed by atoms with van der Waals surface area (Å²) in [5, 5.41) is 0. The number of hydrogen-bond donors (Lipinski definition) is 0. The molecule has 466 valence electrons. The van der Waals surface area contributed by atoms with Crippen LogP contribution in [0.5, 0.6) is 0 Å². The van der Waals surface area contributed by atoms with Gasteiger partial charge in [0.2, 0.25) is 0 Å². The monoisotopic (exact) mass is 1130 g/mol. The van der Waals surface area contributed by atoms with Gasteiger partial charge in [0.25, 0.3) is 0 Å². The lowest BCUT2D eigenvalue weighted by molar-refractivity contribution is -0.167. The van der Waals surface area contributed by atoms with E-state index in [0.717, 1.165) is 116 Å². The van der Waals surface area contributed by atoms with E-state index in [1.165, 1.54) is 186 Å². The second-order valence-electron chi connectivity index (χ2n) is 23.1. The molecule has 0 bridgehead atoms. The first-order valence-corrected chi connectivity index (χ1v) is 34.7. The highest BCUT2D eigenvalue weighted by molar-refractivity contribution is 5.71. The minimum atomic E-state index is -0.783. The highest BCUT2D eigenvalue weighted by Crippen LogP contribution is 2.17. The highest BCUT2D eigenvalue weighted by atomic mass is 16.6. The van der Waals surface area contributed by atoms with Gasteiger partial charge in [-0.2, -0.15) is 0 Å². The van der Waals surface area contributed by atoms with Crippen LogP contribution in [-0.2, 0) is 28.6 Å². The maximum Gasteiger partial charge on any atom is 0.306 e. The van der Waals surface area contributed by atoms with Gasteiger partial charge in [0.1, 0.15) is 13.2 Å². The fourth-order valence-corrected chi connectivity index (χ4v) is 9.85. The Bertz CT molecular complexity index is 1580. The Hall–Kier alpha value is -3.67. The molecule has 0 radical (unpaired) electrons. The van der Waals surface area contributed by atoms with Crippen molar-refractivity contribution >= 4 is 17.9 Å². The minimum absolute atomic E-state index is 0.0797. The van der Waals surface area contributed by atoms with Gasteiger partial charge in [0.05, 0.1) is 0 Å². The third-order valence-electron chi connectivity index (χ3n) is 15.0. The zero-order valence-corrected chi connectivity index (χ0v) is 53.5. The van der Waals surface area contributed by atoms with Crippen LogP contribution in [0.1, 0.15) is 342 Å². The molecular formula is C75H130O6. The van der Waals surface area contributed by atoms with Crippen molar-refractivity contribution in [3.8, 4) is 0 Å². The van der Waals surface area contributed by atoms with Crippen LogP contribution in [0.2, 0.25) is 0 Å². The number of carbonyl (C=O) groups is 3. The molecule has 0 aliphatic heterocycles. The first-order chi connectivity index (χ1) is 40.0. The van der Waals surface area contributed by atoms with Gasteiger partial charge in [-0.05, 0) is 122 Å². The maximum atomic E-state index is 12.9. The smallest absolute Gasteiger partial charge is 0.306 e. The second-order valence-corrected chi connectivity index (χ2v) is 23.1. The maximum absolute atomic E-state index is 12.9. The zero-order valence-electron chi connectivity index (χ0n) is 53.5. The van der Waals surface area contributed by atoms with Gasteiger partial charge in [-0.15, -0.1) is 0 Å². The lowest BCUT2D eigenvalue weighted by atomic mass is 10.0. The van der Waals surface area contributed by atoms with Crippen LogP contribution in [0.4, 0.5) is 0 Å². The van der Waals surface area contributed by atoms with E-state index < -0.39 is 6.10 Å². The number of allylic oxidation sites excluding steroid dienone is 16. The lowest BCUT2D eigenvalue weighted by Crippen LogP contribution is -2.30. The van der Waals surface area contributed by atoms with Crippen molar-refractivity contribution in [2.24, 2.45) is 0 Å². The summed E-state index contributed by atoms with van der Waals surface area (Å²) in [6, 6.07) is 0. The Kier molecular flexibility index (Phi) is 65.7. The summed E-state index contributed by atoms with van der Waals surface area (Å²) >= 11 is 0. The molecule has 6 nitrogen and oxygen atoms in total. The van der Waals surface area contributed by atoms with E-state index in [1.807, 2.05) is 0 Å². The number of rotatable bonds is 63. The van der Waals surface area contributed by atoms with Gasteiger partial charge in [0.15, 0.2) is 6.10 Å². The molecule has 0 aromatic rings. The Balaban J connectivity index is 4.13. The molecule has 0 fully saturated rings. The molecule has 1 unspecified atom stereocenters. The van der Waals surface area contributed by atoms with Gasteiger partial charge in [0, 0.05) is 19.3 Å². The zero-order chi connectivity index (χ0) is 58.5. The average molecular weight is 1130 g/mol. The van der Waals surface area contributed by atoms with Crippen molar-refractivity contribution in [3.63, 3.8) is 0 Å². The first kappa shape index (κ1) is 77.3. The molecule has 0 N–H and O–H groups in total. The largest absolute Gasteiger partial charge is 0.462 e. The molecule has 0 aliphatic carbocycles. The number of hydrogen-bond acceptors (Lipinski definition) is 6. The summed E-state index contributed by atoms with van der Waals surface area (Å²) < 4.78 is 16.9. The summed E-state index contributed by atoms with van der Waals surface area (Å²) in [4.78, 5) is 38.3. The number of ether oxygens (including phenoxy) is 3. The molecule has 0 heterocycles. The molecule has 6 heteroatoms. The number of unbranched alkanes of at least 4 members (excludes halogenated alkanes) is 36. The van der Waals surface area contributed by atoms with Crippen LogP contribution in [0.3, 0.4) is 0 Å². The third kappa shape index (κ3) is 67.0. The molecule has 0 aromatic heterocycles. The van der Waals surface area contributed by atoms with Gasteiger partial charge in [-0.3, -0.25) is 14.4 Å². The average Bonchev–Trinajstić information content (AvgIpc) is 3.47. The van der Waals surface area contributed by atoms with Crippen LogP contribution in [0.15, 0.2) is 97.2 Å². The standard InChI is InChI=1S/C75H130O6/c1-4-7-10-13-16-19-22-25-27-29-30-31-32-33-34-35-36-37-38-39-40-41-42-43-44-45-46-47-49-50-53-56-59-62-65-68-74(77)80-71-72(70-79-73(76)67-64-61-58-55-52-24-21-18-15-12-9-6-3)81-75(78)69-66-63-60-57-54-51-48-28-26-23-20-17-14-11-8-5-2/h7,10,16,18-19,21,25,27-28,30-31,33-34,36-37,48,72H,4-6,8-9,11-15,17,20,22-24,26,29,32,35,38-47,49-71H2,1-3H3/b10-7-,19-16-,21-18-,27-25-,31-30-,34-33-,37-36-,48-28-. The second kappa shape index (κ2) is 68.8. The van der Waals surface area contributed by atoms with E-state index >= 15 is 0 Å². The van der Waals surface area contributed by atoms with E-state index in [9.17, 15) is 14.4 Å². The minimum Gasteiger partial charge on any atom is -0.462 e. The molecule has 0 saturated carbocycles. The quantitative estimate of drug-likeness (QED) is 0.0261. The Morgan fingerprint density at radius 2 is 0.481 bits per heavy atom. The van der Waals surface area contributed by atoms with E-state index in [1.54, 1.807) is 0 Å². The first-order valence-electron chi connectivity index (χ1n) is 34.7. The Labute approximate surface area is 502 Å².